The standard InChI is InChI=1S/C16H22N2O2/c1-11-6-9-18(10-14(11)19)15(20)16(7-8-16)12-2-4-13(17)5-3-12/h2-5,11,14,19H,6-10,17H2,1H3. The second-order valence-corrected chi connectivity index (χ2v) is 6.29. The van der Waals surface area contributed by atoms with Gasteiger partial charge in [-0.15, -0.1) is 0 Å². The molecule has 0 aromatic heterocycles. The van der Waals surface area contributed by atoms with Crippen LogP contribution in [0.15, 0.2) is 24.3 Å². The Morgan fingerprint density at radius 3 is 2.55 bits per heavy atom. The Balaban J connectivity index is 1.78. The lowest BCUT2D eigenvalue weighted by Crippen LogP contribution is -2.49. The molecule has 1 saturated heterocycles. The summed E-state index contributed by atoms with van der Waals surface area (Å²) >= 11 is 0. The highest BCUT2D eigenvalue weighted by molar-refractivity contribution is 5.91. The van der Waals surface area contributed by atoms with Crippen LogP contribution in [0.1, 0.15) is 31.7 Å². The summed E-state index contributed by atoms with van der Waals surface area (Å²) in [6, 6.07) is 7.64. The fraction of sp³-hybridized carbons (Fsp3) is 0.562. The van der Waals surface area contributed by atoms with Gasteiger partial charge in [-0.25, -0.2) is 0 Å². The topological polar surface area (TPSA) is 66.6 Å². The number of nitrogens with zero attached hydrogens (tertiary/aromatic N) is 1. The quantitative estimate of drug-likeness (QED) is 0.804. The number of nitrogen functional groups attached to an aromatic ring is 1. The molecule has 3 rings (SSSR count). The molecule has 0 radical (unpaired) electrons. The number of carbonyl (C=O) groups excluding carboxylic acids is 1. The lowest BCUT2D eigenvalue weighted by molar-refractivity contribution is -0.138. The Kier molecular flexibility index (Phi) is 3.21. The van der Waals surface area contributed by atoms with Crippen molar-refractivity contribution in [2.45, 2.75) is 37.7 Å². The van der Waals surface area contributed by atoms with Crippen LogP contribution in [0, 0.1) is 5.92 Å². The minimum Gasteiger partial charge on any atom is -0.399 e. The number of piperidine rings is 1. The van der Waals surface area contributed by atoms with E-state index in [2.05, 4.69) is 0 Å². The first kappa shape index (κ1) is 13.4. The summed E-state index contributed by atoms with van der Waals surface area (Å²) in [7, 11) is 0. The highest BCUT2D eigenvalue weighted by Gasteiger charge is 2.53. The molecule has 1 saturated carbocycles. The summed E-state index contributed by atoms with van der Waals surface area (Å²) in [5.74, 6) is 0.457. The van der Waals surface area contributed by atoms with Crippen molar-refractivity contribution in [2.24, 2.45) is 5.92 Å². The van der Waals surface area contributed by atoms with Crippen LogP contribution in [-0.2, 0) is 10.2 Å². The molecule has 20 heavy (non-hydrogen) atoms. The number of aliphatic hydroxyl groups is 1. The van der Waals surface area contributed by atoms with Crippen LogP contribution in [0.4, 0.5) is 5.69 Å². The molecule has 108 valence electrons. The van der Waals surface area contributed by atoms with Gasteiger partial charge in [0.2, 0.25) is 5.91 Å². The minimum absolute atomic E-state index is 0.174. The number of nitrogens with two attached hydrogens (primary N) is 1. The highest BCUT2D eigenvalue weighted by atomic mass is 16.3. The monoisotopic (exact) mass is 274 g/mol. The molecule has 2 unspecified atom stereocenters. The summed E-state index contributed by atoms with van der Waals surface area (Å²) in [6.07, 6.45) is 2.29. The molecule has 4 nitrogen and oxygen atoms in total. The van der Waals surface area contributed by atoms with Gasteiger partial charge in [0, 0.05) is 18.8 Å². The molecule has 1 aliphatic carbocycles. The van der Waals surface area contributed by atoms with Crippen LogP contribution >= 0.6 is 0 Å². The van der Waals surface area contributed by atoms with E-state index in [0.717, 1.165) is 37.1 Å². The SMILES string of the molecule is CC1CCN(C(=O)C2(c3ccc(N)cc3)CC2)CC1O. The third-order valence-corrected chi connectivity index (χ3v) is 4.83. The molecule has 0 bridgehead atoms. The first-order chi connectivity index (χ1) is 9.53. The summed E-state index contributed by atoms with van der Waals surface area (Å²) in [5.41, 5.74) is 7.14. The first-order valence-electron chi connectivity index (χ1n) is 7.36. The van der Waals surface area contributed by atoms with E-state index >= 15 is 0 Å². The predicted octanol–water partition coefficient (Wildman–Crippen LogP) is 1.53. The Bertz CT molecular complexity index is 508. The largest absolute Gasteiger partial charge is 0.399 e. The maximum atomic E-state index is 12.8. The Morgan fingerprint density at radius 1 is 1.35 bits per heavy atom. The number of aliphatic hydroxyl groups excluding tert-OH is 1. The molecule has 1 aromatic rings. The molecule has 1 heterocycles. The van der Waals surface area contributed by atoms with Gasteiger partial charge in [-0.1, -0.05) is 19.1 Å². The van der Waals surface area contributed by atoms with E-state index in [0.29, 0.717) is 6.54 Å². The Labute approximate surface area is 119 Å². The van der Waals surface area contributed by atoms with Crippen molar-refractivity contribution >= 4 is 11.6 Å². The smallest absolute Gasteiger partial charge is 0.233 e. The van der Waals surface area contributed by atoms with Crippen LogP contribution < -0.4 is 5.73 Å². The van der Waals surface area contributed by atoms with Crippen molar-refractivity contribution in [3.63, 3.8) is 0 Å². The Morgan fingerprint density at radius 2 is 2.00 bits per heavy atom. The number of rotatable bonds is 2. The van der Waals surface area contributed by atoms with Crippen LogP contribution in [-0.4, -0.2) is 35.1 Å². The van der Waals surface area contributed by atoms with Crippen molar-refractivity contribution in [1.82, 2.24) is 4.90 Å². The van der Waals surface area contributed by atoms with E-state index in [1.165, 1.54) is 0 Å². The Hall–Kier alpha value is -1.55. The lowest BCUT2D eigenvalue weighted by atomic mass is 9.91. The van der Waals surface area contributed by atoms with Crippen LogP contribution in [0.2, 0.25) is 0 Å². The van der Waals surface area contributed by atoms with E-state index in [1.54, 1.807) is 0 Å². The number of hydrogen-bond donors (Lipinski definition) is 2. The van der Waals surface area contributed by atoms with E-state index in [9.17, 15) is 9.90 Å². The van der Waals surface area contributed by atoms with Crippen LogP contribution in [0.3, 0.4) is 0 Å². The lowest BCUT2D eigenvalue weighted by Gasteiger charge is -2.36. The van der Waals surface area contributed by atoms with Gasteiger partial charge < -0.3 is 15.7 Å². The van der Waals surface area contributed by atoms with E-state index in [1.807, 2.05) is 36.1 Å². The molecular formula is C16H22N2O2. The average Bonchev–Trinajstić information content (AvgIpc) is 3.23. The molecule has 1 aliphatic heterocycles. The number of hydrogen-bond acceptors (Lipinski definition) is 3. The van der Waals surface area contributed by atoms with Crippen LogP contribution in [0.25, 0.3) is 0 Å². The van der Waals surface area contributed by atoms with Crippen LogP contribution in [0.5, 0.6) is 0 Å². The second kappa shape index (κ2) is 4.77. The third-order valence-electron chi connectivity index (χ3n) is 4.83. The van der Waals surface area contributed by atoms with Crippen molar-refractivity contribution in [2.75, 3.05) is 18.8 Å². The van der Waals surface area contributed by atoms with Gasteiger partial charge in [-0.3, -0.25) is 4.79 Å². The van der Waals surface area contributed by atoms with Gasteiger partial charge in [0.15, 0.2) is 0 Å². The number of benzene rings is 1. The maximum Gasteiger partial charge on any atom is 0.233 e. The van der Waals surface area contributed by atoms with E-state index in [-0.39, 0.29) is 17.2 Å². The fourth-order valence-electron chi connectivity index (χ4n) is 3.09. The molecule has 2 aliphatic rings. The minimum atomic E-state index is -0.394. The average molecular weight is 274 g/mol. The highest BCUT2D eigenvalue weighted by Crippen LogP contribution is 2.50. The van der Waals surface area contributed by atoms with Gasteiger partial charge in [0.1, 0.15) is 0 Å². The molecule has 4 heteroatoms. The molecular weight excluding hydrogens is 252 g/mol. The zero-order valence-corrected chi connectivity index (χ0v) is 11.9. The number of likely N-dealkylation sites (tertiary alicyclic amines) is 1. The predicted molar refractivity (Wildman–Crippen MR) is 78.1 cm³/mol. The van der Waals surface area contributed by atoms with Crippen molar-refractivity contribution < 1.29 is 9.90 Å². The number of anilines is 1. The third kappa shape index (κ3) is 2.18. The zero-order valence-electron chi connectivity index (χ0n) is 11.9. The molecule has 0 spiro atoms. The van der Waals surface area contributed by atoms with E-state index in [4.69, 9.17) is 5.73 Å². The molecule has 3 N–H and O–H groups in total. The maximum absolute atomic E-state index is 12.8. The second-order valence-electron chi connectivity index (χ2n) is 6.29. The van der Waals surface area contributed by atoms with Crippen molar-refractivity contribution in [3.05, 3.63) is 29.8 Å². The normalized spacial score (nSPS) is 28.2. The number of amides is 1. The van der Waals surface area contributed by atoms with Gasteiger partial charge in [-0.05, 0) is 42.9 Å². The molecule has 1 aromatic carbocycles. The van der Waals surface area contributed by atoms with Gasteiger partial charge in [0.05, 0.1) is 11.5 Å². The summed E-state index contributed by atoms with van der Waals surface area (Å²) in [6.45, 7) is 3.27. The molecule has 1 amide bonds. The fourth-order valence-corrected chi connectivity index (χ4v) is 3.09. The van der Waals surface area contributed by atoms with Crippen molar-refractivity contribution in [3.8, 4) is 0 Å². The van der Waals surface area contributed by atoms with Gasteiger partial charge in [0.25, 0.3) is 0 Å². The first-order valence-corrected chi connectivity index (χ1v) is 7.36. The van der Waals surface area contributed by atoms with Crippen molar-refractivity contribution in [1.29, 1.82) is 0 Å². The van der Waals surface area contributed by atoms with Gasteiger partial charge in [-0.2, -0.15) is 0 Å². The molecule has 2 atom stereocenters. The van der Waals surface area contributed by atoms with E-state index < -0.39 is 6.10 Å². The molecule has 2 fully saturated rings. The summed E-state index contributed by atoms with van der Waals surface area (Å²) in [4.78, 5) is 14.6. The van der Waals surface area contributed by atoms with Gasteiger partial charge >= 0.3 is 0 Å². The number of β-amino-alcohol motifs (C(OH)–C–C–N with tert-alkyl or cyclic N) is 1. The zero-order chi connectivity index (χ0) is 14.3. The number of carbonyl (C=O) groups is 1. The summed E-state index contributed by atoms with van der Waals surface area (Å²) < 4.78 is 0. The summed E-state index contributed by atoms with van der Waals surface area (Å²) in [5, 5.41) is 9.98.